The number of unbranched alkanes of at least 4 members (excludes halogenated alkanes) is 3. The van der Waals surface area contributed by atoms with Gasteiger partial charge >= 0.3 is 10.4 Å². The molecule has 0 aromatic heterocycles. The van der Waals surface area contributed by atoms with E-state index in [0.29, 0.717) is 17.9 Å². The van der Waals surface area contributed by atoms with Gasteiger partial charge in [-0.1, -0.05) is 44.1 Å². The van der Waals surface area contributed by atoms with Crippen molar-refractivity contribution in [2.24, 2.45) is 0 Å². The summed E-state index contributed by atoms with van der Waals surface area (Å²) in [4.78, 5) is 37.4. The van der Waals surface area contributed by atoms with E-state index in [9.17, 15) is 68.8 Å². The van der Waals surface area contributed by atoms with Crippen molar-refractivity contribution in [1.82, 2.24) is 21.3 Å². The van der Waals surface area contributed by atoms with Gasteiger partial charge in [-0.2, -0.15) is 8.42 Å². The molecule has 76 heavy (non-hydrogen) atoms. The SMILES string of the molecule is CCCC/C=C\CCCOc1cccc(CNC2C(OC3C(CO)OC(OC4C(CO)OC(OC5C(COS(=O)(=O)OC)OC(O)C(NC(C)=O)C5O)C(NC(C)=O)C4O)C(NC(C)=O)C3O)OC(CO)C(O)C2O)c1. The molecule has 4 saturated heterocycles. The average Bonchev–Trinajstić information content (AvgIpc) is 3.37. The quantitative estimate of drug-likeness (QED) is 0.0291. The molecule has 0 spiro atoms. The standard InChI is InChI=1S/C47H76N4O24S/c1-6-7-8-9-10-11-12-16-67-27-15-13-14-26(17-27)18-48-33-37(59)36(58)28(19-52)70-45(33)73-41-29(20-53)71-46(34(39(41)61)50-24(3)56)74-42-30(21-54)72-47(35(40(42)62)51-25(4)57)75-43-31(22-68-76(64,65)66-5)69-44(63)32(38(43)60)49-23(2)55/h9-10,13-15,17,28-48,52-54,58-63H,6-8,11-12,16,18-22H2,1-5H3,(H,49,55)(H,50,56)(H,51,57)/b10-9-. The summed E-state index contributed by atoms with van der Waals surface area (Å²) in [5, 5.41) is 110. The van der Waals surface area contributed by atoms with Gasteiger partial charge in [0.05, 0.1) is 46.2 Å². The highest BCUT2D eigenvalue weighted by Crippen LogP contribution is 2.35. The molecule has 4 heterocycles. The lowest BCUT2D eigenvalue weighted by atomic mass is 9.93. The Kier molecular flexibility index (Phi) is 25.0. The molecular formula is C47H76N4O24S. The van der Waals surface area contributed by atoms with Crippen LogP contribution in [0.4, 0.5) is 0 Å². The topological polar surface area (TPSA) is 408 Å². The van der Waals surface area contributed by atoms with Gasteiger partial charge in [0.25, 0.3) is 0 Å². The summed E-state index contributed by atoms with van der Waals surface area (Å²) in [5.74, 6) is -1.70. The van der Waals surface area contributed by atoms with Crippen molar-refractivity contribution in [3.63, 3.8) is 0 Å². The van der Waals surface area contributed by atoms with Crippen molar-refractivity contribution in [3.05, 3.63) is 42.0 Å². The van der Waals surface area contributed by atoms with Gasteiger partial charge in [-0.15, -0.1) is 0 Å². The number of allylic oxidation sites excluding steroid dienone is 2. The minimum absolute atomic E-state index is 0.0586. The lowest BCUT2D eigenvalue weighted by molar-refractivity contribution is -0.362. The summed E-state index contributed by atoms with van der Waals surface area (Å²) in [5.41, 5.74) is 0.695. The van der Waals surface area contributed by atoms with Crippen molar-refractivity contribution >= 4 is 28.1 Å². The van der Waals surface area contributed by atoms with Crippen LogP contribution in [0.3, 0.4) is 0 Å². The second-order valence-corrected chi connectivity index (χ2v) is 20.1. The number of benzene rings is 1. The molecular weight excluding hydrogens is 1040 g/mol. The summed E-state index contributed by atoms with van der Waals surface area (Å²) in [7, 11) is -3.85. The fourth-order valence-corrected chi connectivity index (χ4v) is 9.51. The number of aliphatic hydroxyl groups excluding tert-OH is 9. The van der Waals surface area contributed by atoms with Crippen LogP contribution in [0.15, 0.2) is 36.4 Å². The smallest absolute Gasteiger partial charge is 0.399 e. The Bertz CT molecular complexity index is 2120. The Morgan fingerprint density at radius 2 is 1.12 bits per heavy atom. The molecule has 20 unspecified atom stereocenters. The lowest BCUT2D eigenvalue weighted by Gasteiger charge is -2.51. The van der Waals surface area contributed by atoms with Gasteiger partial charge in [-0.05, 0) is 37.0 Å². The Balaban J connectivity index is 1.35. The monoisotopic (exact) mass is 1110 g/mol. The predicted octanol–water partition coefficient (Wildman–Crippen LogP) is -4.70. The Labute approximate surface area is 440 Å². The molecule has 29 heteroatoms. The molecule has 20 atom stereocenters. The number of ether oxygens (including phenoxy) is 8. The van der Waals surface area contributed by atoms with Crippen molar-refractivity contribution in [2.75, 3.05) is 40.1 Å². The molecule has 3 amide bonds. The van der Waals surface area contributed by atoms with Crippen LogP contribution in [0.2, 0.25) is 0 Å². The lowest BCUT2D eigenvalue weighted by Crippen LogP contribution is -2.71. The predicted molar refractivity (Wildman–Crippen MR) is 258 cm³/mol. The summed E-state index contributed by atoms with van der Waals surface area (Å²) < 4.78 is 81.1. The van der Waals surface area contributed by atoms with Crippen LogP contribution >= 0.6 is 0 Å². The van der Waals surface area contributed by atoms with Crippen LogP contribution in [-0.4, -0.2) is 235 Å². The van der Waals surface area contributed by atoms with E-state index in [1.54, 1.807) is 24.3 Å². The van der Waals surface area contributed by atoms with E-state index in [4.69, 9.17) is 42.1 Å². The first kappa shape index (κ1) is 63.2. The van der Waals surface area contributed by atoms with Crippen molar-refractivity contribution in [2.45, 2.75) is 189 Å². The highest BCUT2D eigenvalue weighted by molar-refractivity contribution is 7.81. The number of hydrogen-bond donors (Lipinski definition) is 13. The van der Waals surface area contributed by atoms with Crippen molar-refractivity contribution < 1.29 is 115 Å². The van der Waals surface area contributed by atoms with Crippen molar-refractivity contribution in [3.8, 4) is 5.75 Å². The van der Waals surface area contributed by atoms with Crippen LogP contribution in [0.5, 0.6) is 5.75 Å². The summed E-state index contributed by atoms with van der Waals surface area (Å²) in [6.07, 6.45) is -18.6. The molecule has 4 fully saturated rings. The molecule has 0 saturated carbocycles. The largest absolute Gasteiger partial charge is 0.494 e. The second kappa shape index (κ2) is 30.1. The number of aliphatic hydroxyl groups is 9. The zero-order valence-electron chi connectivity index (χ0n) is 42.8. The molecule has 28 nitrogen and oxygen atoms in total. The molecule has 0 radical (unpaired) electrons. The number of hydrogen-bond acceptors (Lipinski definition) is 25. The highest BCUT2D eigenvalue weighted by atomic mass is 32.3. The molecule has 434 valence electrons. The molecule has 1 aromatic rings. The maximum absolute atomic E-state index is 12.7. The third kappa shape index (κ3) is 17.2. The first-order chi connectivity index (χ1) is 36.2. The van der Waals surface area contributed by atoms with E-state index in [0.717, 1.165) is 60.0 Å². The van der Waals surface area contributed by atoms with Crippen molar-refractivity contribution in [1.29, 1.82) is 0 Å². The second-order valence-electron chi connectivity index (χ2n) is 18.7. The minimum Gasteiger partial charge on any atom is -0.494 e. The summed E-state index contributed by atoms with van der Waals surface area (Å²) >= 11 is 0. The molecule has 13 N–H and O–H groups in total. The number of carbonyl (C=O) groups is 3. The third-order valence-electron chi connectivity index (χ3n) is 13.0. The minimum atomic E-state index is -4.64. The first-order valence-corrected chi connectivity index (χ1v) is 26.4. The molecule has 4 aliphatic heterocycles. The van der Waals surface area contributed by atoms with Crippen LogP contribution < -0.4 is 26.0 Å². The molecule has 4 aliphatic rings. The van der Waals surface area contributed by atoms with Crippen LogP contribution in [-0.2, 0) is 72.9 Å². The first-order valence-electron chi connectivity index (χ1n) is 25.0. The summed E-state index contributed by atoms with van der Waals surface area (Å²) in [6, 6.07) is 0.906. The highest BCUT2D eigenvalue weighted by Gasteiger charge is 2.56. The normalized spacial score (nSPS) is 36.1. The van der Waals surface area contributed by atoms with Crippen LogP contribution in [0.25, 0.3) is 0 Å². The van der Waals surface area contributed by atoms with Gasteiger partial charge in [0.15, 0.2) is 25.2 Å². The van der Waals surface area contributed by atoms with Crippen LogP contribution in [0.1, 0.15) is 65.4 Å². The fourth-order valence-electron chi connectivity index (χ4n) is 9.12. The number of nitrogens with one attached hydrogen (secondary N) is 4. The number of carbonyl (C=O) groups excluding carboxylic acids is 3. The third-order valence-corrected chi connectivity index (χ3v) is 13.8. The molecule has 5 rings (SSSR count). The van der Waals surface area contributed by atoms with Gasteiger partial charge in [-0.25, -0.2) is 4.18 Å². The number of amides is 3. The summed E-state index contributed by atoms with van der Waals surface area (Å²) in [6.45, 7) is 2.23. The molecule has 1 aromatic carbocycles. The average molecular weight is 1110 g/mol. The Morgan fingerprint density at radius 3 is 1.63 bits per heavy atom. The van der Waals surface area contributed by atoms with E-state index < -0.39 is 177 Å². The fraction of sp³-hybridized carbons (Fsp3) is 0.766. The van der Waals surface area contributed by atoms with E-state index in [1.165, 1.54) is 0 Å². The van der Waals surface area contributed by atoms with Gasteiger partial charge in [0.2, 0.25) is 17.7 Å². The van der Waals surface area contributed by atoms with Gasteiger partial charge in [-0.3, -0.25) is 18.6 Å². The number of rotatable bonds is 27. The zero-order chi connectivity index (χ0) is 55.9. The van der Waals surface area contributed by atoms with Gasteiger partial charge in [0, 0.05) is 27.3 Å². The van der Waals surface area contributed by atoms with E-state index in [2.05, 4.69) is 44.5 Å². The van der Waals surface area contributed by atoms with E-state index in [-0.39, 0.29) is 6.54 Å². The maximum Gasteiger partial charge on any atom is 0.399 e. The van der Waals surface area contributed by atoms with Gasteiger partial charge < -0.3 is 105 Å². The maximum atomic E-state index is 12.7. The zero-order valence-corrected chi connectivity index (χ0v) is 43.7. The van der Waals surface area contributed by atoms with E-state index >= 15 is 0 Å². The molecule has 0 aliphatic carbocycles. The molecule has 0 bridgehead atoms. The Hall–Kier alpha value is -3.64. The van der Waals surface area contributed by atoms with Crippen LogP contribution in [0, 0.1) is 0 Å². The van der Waals surface area contributed by atoms with E-state index in [1.807, 2.05) is 0 Å². The Morgan fingerprint density at radius 1 is 0.632 bits per heavy atom. The van der Waals surface area contributed by atoms with Gasteiger partial charge in [0.1, 0.15) is 97.1 Å².